The fraction of sp³-hybridized carbons (Fsp3) is 0.267. The minimum Gasteiger partial charge on any atom is -0.478 e. The van der Waals surface area contributed by atoms with Gasteiger partial charge in [0.1, 0.15) is 6.04 Å². The van der Waals surface area contributed by atoms with Gasteiger partial charge in [0.25, 0.3) is 0 Å². The second-order valence-electron chi connectivity index (χ2n) is 5.57. The van der Waals surface area contributed by atoms with Crippen LogP contribution in [0.15, 0.2) is 35.5 Å². The van der Waals surface area contributed by atoms with Gasteiger partial charge >= 0.3 is 5.97 Å². The summed E-state index contributed by atoms with van der Waals surface area (Å²) >= 11 is 0. The van der Waals surface area contributed by atoms with E-state index in [0.717, 1.165) is 24.1 Å². The van der Waals surface area contributed by atoms with E-state index in [1.54, 1.807) is 16.8 Å². The first kappa shape index (κ1) is 13.6. The Balaban J connectivity index is 1.85. The molecule has 0 bridgehead atoms. The molecule has 0 fully saturated rings. The Hall–Kier alpha value is -3.03. The maximum absolute atomic E-state index is 12.4. The van der Waals surface area contributed by atoms with Crippen molar-refractivity contribution in [2.24, 2.45) is 0 Å². The first-order chi connectivity index (χ1) is 11.1. The van der Waals surface area contributed by atoms with Crippen LogP contribution < -0.4 is 5.32 Å². The maximum atomic E-state index is 12.4. The molecule has 8 nitrogen and oxygen atoms in total. The normalized spacial score (nSPS) is 19.8. The van der Waals surface area contributed by atoms with Gasteiger partial charge in [-0.15, -0.1) is 0 Å². The van der Waals surface area contributed by atoms with E-state index in [9.17, 15) is 9.59 Å². The SMILES string of the molecule is O=C1CCCC2=C1[C@@H](c1ccc(C(=O)O)cc1)n1nnnc1N2. The Bertz CT molecular complexity index is 837. The molecule has 116 valence electrons. The van der Waals surface area contributed by atoms with Crippen molar-refractivity contribution >= 4 is 17.7 Å². The van der Waals surface area contributed by atoms with Gasteiger partial charge in [-0.25, -0.2) is 4.79 Å². The Morgan fingerprint density at radius 1 is 1.26 bits per heavy atom. The minimum atomic E-state index is -0.987. The molecule has 1 aliphatic heterocycles. The van der Waals surface area contributed by atoms with E-state index in [0.29, 0.717) is 17.9 Å². The minimum absolute atomic E-state index is 0.0761. The Morgan fingerprint density at radius 3 is 2.78 bits per heavy atom. The van der Waals surface area contributed by atoms with E-state index in [4.69, 9.17) is 5.11 Å². The number of hydrogen-bond acceptors (Lipinski definition) is 6. The lowest BCUT2D eigenvalue weighted by atomic mass is 9.85. The van der Waals surface area contributed by atoms with Crippen LogP contribution in [0.25, 0.3) is 0 Å². The van der Waals surface area contributed by atoms with Crippen LogP contribution in [0, 0.1) is 0 Å². The van der Waals surface area contributed by atoms with Gasteiger partial charge in [-0.3, -0.25) is 4.79 Å². The molecule has 0 unspecified atom stereocenters. The van der Waals surface area contributed by atoms with Crippen LogP contribution in [0.2, 0.25) is 0 Å². The van der Waals surface area contributed by atoms with Gasteiger partial charge in [-0.05, 0) is 41.0 Å². The van der Waals surface area contributed by atoms with Gasteiger partial charge in [0.05, 0.1) is 5.56 Å². The molecule has 1 atom stereocenters. The average molecular weight is 311 g/mol. The van der Waals surface area contributed by atoms with E-state index in [1.807, 2.05) is 0 Å². The van der Waals surface area contributed by atoms with E-state index in [2.05, 4.69) is 20.8 Å². The van der Waals surface area contributed by atoms with E-state index in [1.165, 1.54) is 12.1 Å². The van der Waals surface area contributed by atoms with E-state index in [-0.39, 0.29) is 11.3 Å². The molecule has 2 heterocycles. The average Bonchev–Trinajstić information content (AvgIpc) is 3.01. The Labute approximate surface area is 130 Å². The van der Waals surface area contributed by atoms with Crippen LogP contribution in [0.3, 0.4) is 0 Å². The molecule has 0 saturated carbocycles. The number of ketones is 1. The van der Waals surface area contributed by atoms with Gasteiger partial charge < -0.3 is 10.4 Å². The molecule has 1 aromatic carbocycles. The van der Waals surface area contributed by atoms with Crippen LogP contribution in [0.4, 0.5) is 5.95 Å². The molecule has 4 rings (SSSR count). The monoisotopic (exact) mass is 311 g/mol. The number of benzene rings is 1. The molecular weight excluding hydrogens is 298 g/mol. The quantitative estimate of drug-likeness (QED) is 0.862. The number of aromatic nitrogens is 4. The zero-order valence-electron chi connectivity index (χ0n) is 12.1. The summed E-state index contributed by atoms with van der Waals surface area (Å²) in [5, 5.41) is 23.8. The van der Waals surface area contributed by atoms with Gasteiger partial charge in [0.15, 0.2) is 5.78 Å². The fourth-order valence-electron chi connectivity index (χ4n) is 3.13. The number of allylic oxidation sites excluding steroid dienone is 2. The molecule has 2 aliphatic rings. The van der Waals surface area contributed by atoms with Crippen LogP contribution in [0.5, 0.6) is 0 Å². The Kier molecular flexibility index (Phi) is 2.97. The van der Waals surface area contributed by atoms with Crippen molar-refractivity contribution < 1.29 is 14.7 Å². The van der Waals surface area contributed by atoms with Crippen LogP contribution in [-0.4, -0.2) is 37.1 Å². The second kappa shape index (κ2) is 5.01. The summed E-state index contributed by atoms with van der Waals surface area (Å²) in [6.07, 6.45) is 2.08. The number of carbonyl (C=O) groups excluding carboxylic acids is 1. The first-order valence-corrected chi connectivity index (χ1v) is 7.29. The highest BCUT2D eigenvalue weighted by molar-refractivity contribution is 5.99. The number of nitrogens with one attached hydrogen (secondary N) is 1. The number of rotatable bonds is 2. The van der Waals surface area contributed by atoms with Gasteiger partial charge in [0.2, 0.25) is 5.95 Å². The highest BCUT2D eigenvalue weighted by Gasteiger charge is 2.36. The lowest BCUT2D eigenvalue weighted by Gasteiger charge is -2.31. The highest BCUT2D eigenvalue weighted by Crippen LogP contribution is 2.39. The standard InChI is InChI=1S/C15H13N5O3/c21-11-3-1-2-10-12(11)13(20-15(16-10)17-18-19-20)8-4-6-9(7-5-8)14(22)23/h4-7,13H,1-3H2,(H,22,23)(H,16,17,19)/t13-/m1/s1. The first-order valence-electron chi connectivity index (χ1n) is 7.29. The fourth-order valence-corrected chi connectivity index (χ4v) is 3.13. The van der Waals surface area contributed by atoms with Crippen molar-refractivity contribution in [3.05, 3.63) is 46.7 Å². The molecule has 2 aromatic rings. The lowest BCUT2D eigenvalue weighted by Crippen LogP contribution is -2.31. The van der Waals surface area contributed by atoms with E-state index >= 15 is 0 Å². The van der Waals surface area contributed by atoms with Crippen molar-refractivity contribution in [1.29, 1.82) is 0 Å². The molecule has 0 radical (unpaired) electrons. The van der Waals surface area contributed by atoms with Crippen molar-refractivity contribution in [2.75, 3.05) is 5.32 Å². The molecular formula is C15H13N5O3. The maximum Gasteiger partial charge on any atom is 0.335 e. The molecule has 1 aliphatic carbocycles. The number of carboxylic acid groups (broad SMARTS) is 1. The second-order valence-corrected chi connectivity index (χ2v) is 5.57. The van der Waals surface area contributed by atoms with Crippen LogP contribution >= 0.6 is 0 Å². The molecule has 2 N–H and O–H groups in total. The molecule has 0 saturated heterocycles. The molecule has 0 amide bonds. The van der Waals surface area contributed by atoms with Crippen LogP contribution in [0.1, 0.15) is 41.2 Å². The molecule has 0 spiro atoms. The third kappa shape index (κ3) is 2.10. The number of nitrogens with zero attached hydrogens (tertiary/aromatic N) is 4. The number of fused-ring (bicyclic) bond motifs is 1. The van der Waals surface area contributed by atoms with Crippen molar-refractivity contribution in [2.45, 2.75) is 25.3 Å². The summed E-state index contributed by atoms with van der Waals surface area (Å²) in [5.74, 6) is -0.420. The number of aromatic carboxylic acids is 1. The largest absolute Gasteiger partial charge is 0.478 e. The third-order valence-corrected chi connectivity index (χ3v) is 4.20. The summed E-state index contributed by atoms with van der Waals surface area (Å²) in [6.45, 7) is 0. The van der Waals surface area contributed by atoms with Crippen LogP contribution in [-0.2, 0) is 4.79 Å². The van der Waals surface area contributed by atoms with Crippen molar-refractivity contribution in [1.82, 2.24) is 20.2 Å². The predicted molar refractivity (Wildman–Crippen MR) is 78.9 cm³/mol. The summed E-state index contributed by atoms with van der Waals surface area (Å²) in [5.41, 5.74) is 2.51. The number of tetrazole rings is 1. The Morgan fingerprint density at radius 2 is 2.04 bits per heavy atom. The van der Waals surface area contributed by atoms with E-state index < -0.39 is 12.0 Å². The van der Waals surface area contributed by atoms with Crippen molar-refractivity contribution in [3.8, 4) is 0 Å². The molecule has 23 heavy (non-hydrogen) atoms. The van der Waals surface area contributed by atoms with Gasteiger partial charge in [0, 0.05) is 17.7 Å². The predicted octanol–water partition coefficient (Wildman–Crippen LogP) is 1.39. The summed E-state index contributed by atoms with van der Waals surface area (Å²) in [6, 6.07) is 6.04. The number of hydrogen-bond donors (Lipinski definition) is 2. The lowest BCUT2D eigenvalue weighted by molar-refractivity contribution is -0.116. The highest BCUT2D eigenvalue weighted by atomic mass is 16.4. The number of Topliss-reactive ketones (excluding diaryl/α,β-unsaturated/α-hetero) is 1. The molecule has 8 heteroatoms. The summed E-state index contributed by atoms with van der Waals surface area (Å²) < 4.78 is 1.57. The number of carboxylic acids is 1. The van der Waals surface area contributed by atoms with Gasteiger partial charge in [-0.2, -0.15) is 4.68 Å². The zero-order valence-corrected chi connectivity index (χ0v) is 12.1. The van der Waals surface area contributed by atoms with Gasteiger partial charge in [-0.1, -0.05) is 17.2 Å². The number of carbonyl (C=O) groups is 2. The van der Waals surface area contributed by atoms with Crippen molar-refractivity contribution in [3.63, 3.8) is 0 Å². The number of anilines is 1. The summed E-state index contributed by atoms with van der Waals surface area (Å²) in [4.78, 5) is 23.5. The smallest absolute Gasteiger partial charge is 0.335 e. The zero-order chi connectivity index (χ0) is 16.0. The topological polar surface area (TPSA) is 110 Å². The molecule has 1 aromatic heterocycles. The third-order valence-electron chi connectivity index (χ3n) is 4.20. The summed E-state index contributed by atoms with van der Waals surface area (Å²) in [7, 11) is 0.